The van der Waals surface area contributed by atoms with Crippen LogP contribution < -0.4 is 5.32 Å². The van der Waals surface area contributed by atoms with Crippen molar-refractivity contribution in [1.29, 1.82) is 0 Å². The number of rotatable bonds is 5. The summed E-state index contributed by atoms with van der Waals surface area (Å²) in [5.74, 6) is 0. The minimum atomic E-state index is -0.0479. The Balaban J connectivity index is 1.59. The van der Waals surface area contributed by atoms with Crippen LogP contribution >= 0.6 is 0 Å². The summed E-state index contributed by atoms with van der Waals surface area (Å²) in [7, 11) is 0. The zero-order valence-electron chi connectivity index (χ0n) is 10.8. The van der Waals surface area contributed by atoms with E-state index in [9.17, 15) is 0 Å². The van der Waals surface area contributed by atoms with Crippen molar-refractivity contribution in [2.45, 2.75) is 70.3 Å². The van der Waals surface area contributed by atoms with Crippen LogP contribution in [0.5, 0.6) is 0 Å². The number of hydrogen-bond donors (Lipinski definition) is 1. The van der Waals surface area contributed by atoms with Crippen molar-refractivity contribution in [2.75, 3.05) is 13.2 Å². The molecule has 0 spiro atoms. The smallest absolute Gasteiger partial charge is 0.0814 e. The van der Waals surface area contributed by atoms with E-state index >= 15 is 0 Å². The second-order valence-electron chi connectivity index (χ2n) is 6.06. The molecule has 2 rings (SSSR count). The van der Waals surface area contributed by atoms with Crippen molar-refractivity contribution in [2.24, 2.45) is 0 Å². The SMILES string of the molecule is CC(C)(C)OCC1CCC(CNC2CC2)O1. The lowest BCUT2D eigenvalue weighted by molar-refractivity contribution is -0.0688. The third-order valence-electron chi connectivity index (χ3n) is 3.11. The van der Waals surface area contributed by atoms with Crippen LogP contribution in [0.3, 0.4) is 0 Å². The van der Waals surface area contributed by atoms with Crippen LogP contribution in [0.2, 0.25) is 0 Å². The molecule has 1 heterocycles. The highest BCUT2D eigenvalue weighted by Gasteiger charge is 2.28. The van der Waals surface area contributed by atoms with E-state index in [1.54, 1.807) is 0 Å². The Morgan fingerprint density at radius 2 is 1.81 bits per heavy atom. The molecule has 2 atom stereocenters. The van der Waals surface area contributed by atoms with Crippen LogP contribution in [0.25, 0.3) is 0 Å². The van der Waals surface area contributed by atoms with Gasteiger partial charge in [0.15, 0.2) is 0 Å². The van der Waals surface area contributed by atoms with Crippen LogP contribution in [0, 0.1) is 0 Å². The first-order chi connectivity index (χ1) is 7.53. The highest BCUT2D eigenvalue weighted by molar-refractivity contribution is 4.84. The Morgan fingerprint density at radius 1 is 1.12 bits per heavy atom. The Labute approximate surface area is 98.9 Å². The van der Waals surface area contributed by atoms with Gasteiger partial charge in [-0.25, -0.2) is 0 Å². The molecule has 2 aliphatic rings. The molecule has 16 heavy (non-hydrogen) atoms. The van der Waals surface area contributed by atoms with Crippen molar-refractivity contribution in [3.05, 3.63) is 0 Å². The first-order valence-electron chi connectivity index (χ1n) is 6.56. The molecule has 94 valence electrons. The summed E-state index contributed by atoms with van der Waals surface area (Å²) in [6.07, 6.45) is 5.75. The molecule has 3 nitrogen and oxygen atoms in total. The maximum Gasteiger partial charge on any atom is 0.0814 e. The largest absolute Gasteiger partial charge is 0.373 e. The summed E-state index contributed by atoms with van der Waals surface area (Å²) in [4.78, 5) is 0. The van der Waals surface area contributed by atoms with E-state index in [4.69, 9.17) is 9.47 Å². The van der Waals surface area contributed by atoms with Gasteiger partial charge in [0.05, 0.1) is 24.4 Å². The lowest BCUT2D eigenvalue weighted by Crippen LogP contribution is -2.30. The lowest BCUT2D eigenvalue weighted by atomic mass is 10.1. The number of hydrogen-bond acceptors (Lipinski definition) is 3. The number of nitrogens with one attached hydrogen (secondary N) is 1. The van der Waals surface area contributed by atoms with Gasteiger partial charge in [-0.3, -0.25) is 0 Å². The Kier molecular flexibility index (Phi) is 3.88. The summed E-state index contributed by atoms with van der Waals surface area (Å²) in [6.45, 7) is 8.04. The van der Waals surface area contributed by atoms with Crippen molar-refractivity contribution in [1.82, 2.24) is 5.32 Å². The normalized spacial score (nSPS) is 30.9. The molecule has 2 fully saturated rings. The summed E-state index contributed by atoms with van der Waals surface area (Å²) in [6, 6.07) is 0.786. The first-order valence-corrected chi connectivity index (χ1v) is 6.56. The minimum Gasteiger partial charge on any atom is -0.373 e. The molecule has 0 aromatic carbocycles. The third kappa shape index (κ3) is 4.40. The van der Waals surface area contributed by atoms with E-state index in [0.29, 0.717) is 12.2 Å². The molecule has 2 unspecified atom stereocenters. The molecule has 0 aromatic rings. The van der Waals surface area contributed by atoms with Gasteiger partial charge in [0.1, 0.15) is 0 Å². The van der Waals surface area contributed by atoms with Gasteiger partial charge < -0.3 is 14.8 Å². The highest BCUT2D eigenvalue weighted by atomic mass is 16.6. The van der Waals surface area contributed by atoms with Crippen molar-refractivity contribution in [3.63, 3.8) is 0 Å². The molecular weight excluding hydrogens is 202 g/mol. The van der Waals surface area contributed by atoms with E-state index in [-0.39, 0.29) is 5.60 Å². The molecule has 1 saturated carbocycles. The van der Waals surface area contributed by atoms with E-state index in [2.05, 4.69) is 26.1 Å². The molecule has 1 aliphatic heterocycles. The standard InChI is InChI=1S/C13H25NO2/c1-13(2,3)15-9-12-7-6-11(16-12)8-14-10-4-5-10/h10-12,14H,4-9H2,1-3H3. The molecule has 0 bridgehead atoms. The molecular formula is C13H25NO2. The second-order valence-corrected chi connectivity index (χ2v) is 6.06. The van der Waals surface area contributed by atoms with Crippen LogP contribution in [0.15, 0.2) is 0 Å². The van der Waals surface area contributed by atoms with Crippen molar-refractivity contribution >= 4 is 0 Å². The van der Waals surface area contributed by atoms with Crippen molar-refractivity contribution < 1.29 is 9.47 Å². The summed E-state index contributed by atoms with van der Waals surface area (Å²) in [5.41, 5.74) is -0.0479. The fraction of sp³-hybridized carbons (Fsp3) is 1.00. The maximum absolute atomic E-state index is 5.95. The van der Waals surface area contributed by atoms with E-state index in [1.165, 1.54) is 19.3 Å². The molecule has 0 aromatic heterocycles. The maximum atomic E-state index is 5.95. The van der Waals surface area contributed by atoms with Crippen LogP contribution in [0.4, 0.5) is 0 Å². The zero-order chi connectivity index (χ0) is 11.6. The molecule has 1 aliphatic carbocycles. The average Bonchev–Trinajstić information content (AvgIpc) is 2.91. The predicted molar refractivity (Wildman–Crippen MR) is 64.6 cm³/mol. The summed E-state index contributed by atoms with van der Waals surface area (Å²) in [5, 5.41) is 3.53. The van der Waals surface area contributed by atoms with E-state index < -0.39 is 0 Å². The number of ether oxygens (including phenoxy) is 2. The van der Waals surface area contributed by atoms with Gasteiger partial charge >= 0.3 is 0 Å². The van der Waals surface area contributed by atoms with Gasteiger partial charge in [-0.05, 0) is 46.5 Å². The van der Waals surface area contributed by atoms with Crippen LogP contribution in [0.1, 0.15) is 46.5 Å². The van der Waals surface area contributed by atoms with Gasteiger partial charge in [0, 0.05) is 12.6 Å². The van der Waals surface area contributed by atoms with Crippen LogP contribution in [-0.2, 0) is 9.47 Å². The zero-order valence-corrected chi connectivity index (χ0v) is 10.8. The lowest BCUT2D eigenvalue weighted by Gasteiger charge is -2.22. The molecule has 0 amide bonds. The van der Waals surface area contributed by atoms with E-state index in [0.717, 1.165) is 25.6 Å². The average molecular weight is 227 g/mol. The highest BCUT2D eigenvalue weighted by Crippen LogP contribution is 2.23. The molecule has 1 N–H and O–H groups in total. The van der Waals surface area contributed by atoms with Gasteiger partial charge in [-0.2, -0.15) is 0 Å². The Morgan fingerprint density at radius 3 is 2.44 bits per heavy atom. The minimum absolute atomic E-state index is 0.0479. The molecule has 3 heteroatoms. The summed E-state index contributed by atoms with van der Waals surface area (Å²) < 4.78 is 11.7. The predicted octanol–water partition coefficient (Wildman–Crippen LogP) is 2.10. The monoisotopic (exact) mass is 227 g/mol. The summed E-state index contributed by atoms with van der Waals surface area (Å²) >= 11 is 0. The topological polar surface area (TPSA) is 30.5 Å². The van der Waals surface area contributed by atoms with Crippen LogP contribution in [-0.4, -0.2) is 37.0 Å². The Bertz CT molecular complexity index is 220. The second kappa shape index (κ2) is 5.03. The van der Waals surface area contributed by atoms with Gasteiger partial charge in [-0.15, -0.1) is 0 Å². The van der Waals surface area contributed by atoms with Crippen molar-refractivity contribution in [3.8, 4) is 0 Å². The fourth-order valence-electron chi connectivity index (χ4n) is 1.98. The Hall–Kier alpha value is -0.120. The third-order valence-corrected chi connectivity index (χ3v) is 3.11. The van der Waals surface area contributed by atoms with Gasteiger partial charge in [0.2, 0.25) is 0 Å². The first kappa shape index (κ1) is 12.3. The van der Waals surface area contributed by atoms with Gasteiger partial charge in [-0.1, -0.05) is 0 Å². The molecule has 1 saturated heterocycles. The molecule has 0 radical (unpaired) electrons. The van der Waals surface area contributed by atoms with Gasteiger partial charge in [0.25, 0.3) is 0 Å². The fourth-order valence-corrected chi connectivity index (χ4v) is 1.98. The quantitative estimate of drug-likeness (QED) is 0.780. The van der Waals surface area contributed by atoms with E-state index in [1.807, 2.05) is 0 Å².